The van der Waals surface area contributed by atoms with Crippen LogP contribution in [0.4, 0.5) is 0 Å². The zero-order valence-corrected chi connectivity index (χ0v) is 13.8. The van der Waals surface area contributed by atoms with Crippen LogP contribution in [-0.4, -0.2) is 36.9 Å². The predicted molar refractivity (Wildman–Crippen MR) is 86.6 cm³/mol. The number of aromatic nitrogens is 4. The van der Waals surface area contributed by atoms with E-state index in [1.807, 2.05) is 47.5 Å². The topological polar surface area (TPSA) is 76.5 Å². The Bertz CT molecular complexity index is 897. The van der Waals surface area contributed by atoms with Gasteiger partial charge in [0, 0.05) is 19.2 Å². The van der Waals surface area contributed by atoms with Gasteiger partial charge in [-0.15, -0.1) is 0 Å². The molecule has 1 aliphatic rings. The summed E-state index contributed by atoms with van der Waals surface area (Å²) in [5, 5.41) is 4.06. The summed E-state index contributed by atoms with van der Waals surface area (Å²) in [6.07, 6.45) is 4.39. The average Bonchev–Trinajstić information content (AvgIpc) is 3.32. The van der Waals surface area contributed by atoms with E-state index < -0.39 is 0 Å². The van der Waals surface area contributed by atoms with E-state index in [0.29, 0.717) is 30.4 Å². The first kappa shape index (κ1) is 14.9. The van der Waals surface area contributed by atoms with Crippen molar-refractivity contribution in [1.82, 2.24) is 24.4 Å². The van der Waals surface area contributed by atoms with E-state index in [2.05, 4.69) is 15.1 Å². The van der Waals surface area contributed by atoms with Crippen molar-refractivity contribution in [3.05, 3.63) is 47.6 Å². The average molecular weight is 325 g/mol. The second-order valence-corrected chi connectivity index (χ2v) is 6.02. The van der Waals surface area contributed by atoms with Gasteiger partial charge in [0.25, 0.3) is 5.91 Å². The van der Waals surface area contributed by atoms with E-state index >= 15 is 0 Å². The third kappa shape index (κ3) is 2.28. The van der Waals surface area contributed by atoms with Crippen LogP contribution in [0.25, 0.3) is 5.52 Å². The lowest BCUT2D eigenvalue weighted by Crippen LogP contribution is -2.31. The fourth-order valence-corrected chi connectivity index (χ4v) is 3.31. The molecule has 7 heteroatoms. The Morgan fingerprint density at radius 2 is 2.25 bits per heavy atom. The molecule has 1 fully saturated rings. The minimum Gasteiger partial charge on any atom is -0.339 e. The molecule has 7 nitrogen and oxygen atoms in total. The summed E-state index contributed by atoms with van der Waals surface area (Å²) in [7, 11) is 0. The molecule has 0 spiro atoms. The minimum atomic E-state index is -0.137. The molecule has 4 rings (SSSR count). The lowest BCUT2D eigenvalue weighted by Gasteiger charge is -2.21. The minimum absolute atomic E-state index is 0.0721. The molecule has 1 atom stereocenters. The molecule has 0 aliphatic carbocycles. The van der Waals surface area contributed by atoms with Crippen LogP contribution in [0.1, 0.15) is 53.8 Å². The van der Waals surface area contributed by atoms with Gasteiger partial charge in [-0.1, -0.05) is 18.1 Å². The molecule has 0 N–H and O–H groups in total. The van der Waals surface area contributed by atoms with Crippen LogP contribution < -0.4 is 0 Å². The fraction of sp³-hybridized carbons (Fsp3) is 0.412. The SMILES string of the molecule is CCc1nc(C2CCCN2C(=O)c2nc(C)n3ccccc23)no1. The number of imidazole rings is 1. The highest BCUT2D eigenvalue weighted by atomic mass is 16.5. The molecule has 0 bridgehead atoms. The largest absolute Gasteiger partial charge is 0.339 e. The number of likely N-dealkylation sites (tertiary alicyclic amines) is 1. The number of hydrogen-bond donors (Lipinski definition) is 0. The van der Waals surface area contributed by atoms with E-state index in [1.165, 1.54) is 0 Å². The highest BCUT2D eigenvalue weighted by Gasteiger charge is 2.35. The fourth-order valence-electron chi connectivity index (χ4n) is 3.31. The number of hydrogen-bond acceptors (Lipinski definition) is 5. The molecule has 0 aromatic carbocycles. The molecule has 1 aliphatic heterocycles. The summed E-state index contributed by atoms with van der Waals surface area (Å²) >= 11 is 0. The Balaban J connectivity index is 1.69. The molecule has 0 saturated carbocycles. The number of carbonyl (C=O) groups excluding carboxylic acids is 1. The Kier molecular flexibility index (Phi) is 3.55. The summed E-state index contributed by atoms with van der Waals surface area (Å²) in [6.45, 7) is 4.55. The number of fused-ring (bicyclic) bond motifs is 1. The van der Waals surface area contributed by atoms with Crippen LogP contribution in [-0.2, 0) is 6.42 Å². The number of rotatable bonds is 3. The number of nitrogens with zero attached hydrogens (tertiary/aromatic N) is 5. The van der Waals surface area contributed by atoms with Gasteiger partial charge in [-0.2, -0.15) is 4.98 Å². The van der Waals surface area contributed by atoms with Gasteiger partial charge in [0.15, 0.2) is 11.5 Å². The van der Waals surface area contributed by atoms with Crippen molar-refractivity contribution in [2.45, 2.75) is 39.2 Å². The lowest BCUT2D eigenvalue weighted by atomic mass is 10.2. The number of aryl methyl sites for hydroxylation is 2. The van der Waals surface area contributed by atoms with Gasteiger partial charge in [0.05, 0.1) is 11.6 Å². The standard InChI is InChI=1S/C17H19N5O2/c1-3-14-19-16(20-24-14)13-8-6-10-22(13)17(23)15-12-7-4-5-9-21(12)11(2)18-15/h4-5,7,9,13H,3,6,8,10H2,1-2H3. The number of pyridine rings is 1. The first-order valence-electron chi connectivity index (χ1n) is 8.26. The summed E-state index contributed by atoms with van der Waals surface area (Å²) in [5.41, 5.74) is 1.31. The second kappa shape index (κ2) is 5.74. The third-order valence-corrected chi connectivity index (χ3v) is 4.53. The number of carbonyl (C=O) groups is 1. The van der Waals surface area contributed by atoms with Crippen LogP contribution in [0.5, 0.6) is 0 Å². The van der Waals surface area contributed by atoms with Gasteiger partial charge in [0.1, 0.15) is 5.82 Å². The monoisotopic (exact) mass is 325 g/mol. The van der Waals surface area contributed by atoms with Gasteiger partial charge < -0.3 is 13.8 Å². The summed E-state index contributed by atoms with van der Waals surface area (Å²) in [6, 6.07) is 5.63. The second-order valence-electron chi connectivity index (χ2n) is 6.02. The van der Waals surface area contributed by atoms with Crippen LogP contribution in [0.15, 0.2) is 28.9 Å². The van der Waals surface area contributed by atoms with Crippen LogP contribution in [0.3, 0.4) is 0 Å². The smallest absolute Gasteiger partial charge is 0.275 e. The van der Waals surface area contributed by atoms with Gasteiger partial charge in [-0.25, -0.2) is 4.98 Å². The summed E-state index contributed by atoms with van der Waals surface area (Å²) in [4.78, 5) is 23.8. The summed E-state index contributed by atoms with van der Waals surface area (Å²) < 4.78 is 7.15. The van der Waals surface area contributed by atoms with Crippen molar-refractivity contribution < 1.29 is 9.32 Å². The molecule has 1 saturated heterocycles. The molecule has 1 unspecified atom stereocenters. The van der Waals surface area contributed by atoms with Crippen LogP contribution in [0.2, 0.25) is 0 Å². The van der Waals surface area contributed by atoms with Crippen molar-refractivity contribution in [2.24, 2.45) is 0 Å². The Hall–Kier alpha value is -2.70. The van der Waals surface area contributed by atoms with E-state index in [-0.39, 0.29) is 11.9 Å². The molecule has 4 heterocycles. The predicted octanol–water partition coefficient (Wildman–Crippen LogP) is 2.57. The molecular formula is C17H19N5O2. The van der Waals surface area contributed by atoms with Gasteiger partial charge >= 0.3 is 0 Å². The van der Waals surface area contributed by atoms with Crippen molar-refractivity contribution in [1.29, 1.82) is 0 Å². The van der Waals surface area contributed by atoms with E-state index in [4.69, 9.17) is 4.52 Å². The molecule has 1 amide bonds. The maximum atomic E-state index is 13.1. The summed E-state index contributed by atoms with van der Waals surface area (Å²) in [5.74, 6) is 1.93. The van der Waals surface area contributed by atoms with Crippen LogP contribution >= 0.6 is 0 Å². The first-order chi connectivity index (χ1) is 11.7. The zero-order chi connectivity index (χ0) is 16.7. The molecule has 3 aromatic heterocycles. The molecular weight excluding hydrogens is 306 g/mol. The third-order valence-electron chi connectivity index (χ3n) is 4.53. The van der Waals surface area contributed by atoms with Crippen molar-refractivity contribution >= 4 is 11.4 Å². The van der Waals surface area contributed by atoms with Crippen molar-refractivity contribution in [3.8, 4) is 0 Å². The molecule has 0 radical (unpaired) electrons. The zero-order valence-electron chi connectivity index (χ0n) is 13.8. The lowest BCUT2D eigenvalue weighted by molar-refractivity contribution is 0.0725. The first-order valence-corrected chi connectivity index (χ1v) is 8.26. The van der Waals surface area contributed by atoms with E-state index in [9.17, 15) is 4.79 Å². The maximum absolute atomic E-state index is 13.1. The van der Waals surface area contributed by atoms with Crippen molar-refractivity contribution in [3.63, 3.8) is 0 Å². The van der Waals surface area contributed by atoms with E-state index in [1.54, 1.807) is 0 Å². The molecule has 124 valence electrons. The molecule has 24 heavy (non-hydrogen) atoms. The van der Waals surface area contributed by atoms with Crippen LogP contribution in [0, 0.1) is 6.92 Å². The van der Waals surface area contributed by atoms with E-state index in [0.717, 1.165) is 24.2 Å². The normalized spacial score (nSPS) is 17.8. The maximum Gasteiger partial charge on any atom is 0.275 e. The van der Waals surface area contributed by atoms with Crippen molar-refractivity contribution in [2.75, 3.05) is 6.54 Å². The Morgan fingerprint density at radius 3 is 3.04 bits per heavy atom. The highest BCUT2D eigenvalue weighted by molar-refractivity contribution is 5.99. The molecule has 3 aromatic rings. The quantitative estimate of drug-likeness (QED) is 0.739. The Morgan fingerprint density at radius 1 is 1.38 bits per heavy atom. The highest BCUT2D eigenvalue weighted by Crippen LogP contribution is 2.32. The van der Waals surface area contributed by atoms with Gasteiger partial charge in [-0.05, 0) is 31.9 Å². The number of amides is 1. The Labute approximate surface area is 139 Å². The van der Waals surface area contributed by atoms with Gasteiger partial charge in [-0.3, -0.25) is 4.79 Å². The van der Waals surface area contributed by atoms with Gasteiger partial charge in [0.2, 0.25) is 5.89 Å².